The van der Waals surface area contributed by atoms with Crippen LogP contribution in [0, 0.1) is 5.41 Å². The first-order chi connectivity index (χ1) is 4.57. The summed E-state index contributed by atoms with van der Waals surface area (Å²) in [6.45, 7) is 3.73. The van der Waals surface area contributed by atoms with Crippen LogP contribution in [-0.2, 0) is 9.63 Å². The molecular formula is C6H10N2O2. The first kappa shape index (κ1) is 7.05. The second-order valence-corrected chi connectivity index (χ2v) is 2.65. The fraction of sp³-hybridized carbons (Fsp3) is 0.667. The number of carbonyl (C=O) groups is 1. The molecule has 0 aromatic carbocycles. The third-order valence-corrected chi connectivity index (χ3v) is 1.90. The average Bonchev–Trinajstić information content (AvgIpc) is 2.15. The summed E-state index contributed by atoms with van der Waals surface area (Å²) >= 11 is 0. The van der Waals surface area contributed by atoms with Gasteiger partial charge < -0.3 is 10.6 Å². The van der Waals surface area contributed by atoms with Gasteiger partial charge in [0, 0.05) is 0 Å². The Hall–Kier alpha value is -1.06. The summed E-state index contributed by atoms with van der Waals surface area (Å²) < 4.78 is 0. The van der Waals surface area contributed by atoms with Crippen LogP contribution in [0.5, 0.6) is 0 Å². The van der Waals surface area contributed by atoms with Gasteiger partial charge >= 0.3 is 0 Å². The van der Waals surface area contributed by atoms with Gasteiger partial charge in [0.2, 0.25) is 5.91 Å². The number of carbonyl (C=O) groups excluding carboxylic acids is 1. The van der Waals surface area contributed by atoms with E-state index < -0.39 is 5.41 Å². The summed E-state index contributed by atoms with van der Waals surface area (Å²) in [5.41, 5.74) is 5.09. The highest BCUT2D eigenvalue weighted by atomic mass is 16.6. The van der Waals surface area contributed by atoms with Crippen molar-refractivity contribution in [1.82, 2.24) is 0 Å². The fourth-order valence-electron chi connectivity index (χ4n) is 0.713. The molecule has 0 fully saturated rings. The van der Waals surface area contributed by atoms with Crippen LogP contribution < -0.4 is 5.73 Å². The maximum Gasteiger partial charge on any atom is 0.232 e. The van der Waals surface area contributed by atoms with E-state index in [0.29, 0.717) is 5.71 Å². The molecule has 1 heterocycles. The molecule has 0 bridgehead atoms. The van der Waals surface area contributed by atoms with Crippen LogP contribution >= 0.6 is 0 Å². The Bertz CT molecular complexity index is 200. The Morgan fingerprint density at radius 2 is 2.50 bits per heavy atom. The smallest absolute Gasteiger partial charge is 0.232 e. The minimum absolute atomic E-state index is 0.272. The lowest BCUT2D eigenvalue weighted by atomic mass is 9.87. The van der Waals surface area contributed by atoms with Crippen LogP contribution in [0.15, 0.2) is 5.16 Å². The van der Waals surface area contributed by atoms with Gasteiger partial charge in [-0.05, 0) is 13.8 Å². The lowest BCUT2D eigenvalue weighted by Crippen LogP contribution is -2.40. The SMILES string of the molecule is CC1=NOCC1(C)C(N)=O. The van der Waals surface area contributed by atoms with Gasteiger partial charge in [0.15, 0.2) is 0 Å². The monoisotopic (exact) mass is 142 g/mol. The fourth-order valence-corrected chi connectivity index (χ4v) is 0.713. The molecule has 0 aromatic heterocycles. The Morgan fingerprint density at radius 3 is 2.70 bits per heavy atom. The highest BCUT2D eigenvalue weighted by molar-refractivity contribution is 6.07. The van der Waals surface area contributed by atoms with Gasteiger partial charge in [-0.2, -0.15) is 0 Å². The van der Waals surface area contributed by atoms with E-state index in [-0.39, 0.29) is 12.5 Å². The Labute approximate surface area is 59.0 Å². The zero-order chi connectivity index (χ0) is 7.78. The molecule has 56 valence electrons. The van der Waals surface area contributed by atoms with Crippen LogP contribution in [0.1, 0.15) is 13.8 Å². The molecule has 2 N–H and O–H groups in total. The number of hydrogen-bond donors (Lipinski definition) is 1. The molecule has 0 aromatic rings. The third kappa shape index (κ3) is 0.761. The first-order valence-electron chi connectivity index (χ1n) is 3.04. The number of oxime groups is 1. The maximum absolute atomic E-state index is 10.8. The minimum Gasteiger partial charge on any atom is -0.394 e. The highest BCUT2D eigenvalue weighted by Gasteiger charge is 2.39. The van der Waals surface area contributed by atoms with Gasteiger partial charge in [0.25, 0.3) is 0 Å². The molecule has 0 spiro atoms. The maximum atomic E-state index is 10.8. The molecule has 1 aliphatic rings. The van der Waals surface area contributed by atoms with Crippen molar-refractivity contribution in [3.05, 3.63) is 0 Å². The number of rotatable bonds is 1. The topological polar surface area (TPSA) is 64.7 Å². The summed E-state index contributed by atoms with van der Waals surface area (Å²) in [7, 11) is 0. The molecule has 1 rings (SSSR count). The molecule has 4 heteroatoms. The summed E-state index contributed by atoms with van der Waals surface area (Å²) in [6, 6.07) is 0. The van der Waals surface area contributed by atoms with Crippen LogP contribution in [-0.4, -0.2) is 18.2 Å². The van der Waals surface area contributed by atoms with Crippen molar-refractivity contribution in [2.24, 2.45) is 16.3 Å². The van der Waals surface area contributed by atoms with E-state index in [9.17, 15) is 4.79 Å². The van der Waals surface area contributed by atoms with E-state index in [0.717, 1.165) is 0 Å². The van der Waals surface area contributed by atoms with Crippen molar-refractivity contribution < 1.29 is 9.63 Å². The largest absolute Gasteiger partial charge is 0.394 e. The van der Waals surface area contributed by atoms with Crippen molar-refractivity contribution in [2.45, 2.75) is 13.8 Å². The predicted octanol–water partition coefficient (Wildman–Crippen LogP) is -0.116. The predicted molar refractivity (Wildman–Crippen MR) is 36.4 cm³/mol. The molecule has 0 saturated carbocycles. The number of primary amides is 1. The second-order valence-electron chi connectivity index (χ2n) is 2.65. The second kappa shape index (κ2) is 1.97. The van der Waals surface area contributed by atoms with E-state index in [1.54, 1.807) is 13.8 Å². The quantitative estimate of drug-likeness (QED) is 0.555. The molecule has 4 nitrogen and oxygen atoms in total. The Morgan fingerprint density at radius 1 is 1.90 bits per heavy atom. The lowest BCUT2D eigenvalue weighted by molar-refractivity contribution is -0.124. The van der Waals surface area contributed by atoms with E-state index in [1.807, 2.05) is 0 Å². The molecule has 1 atom stereocenters. The normalized spacial score (nSPS) is 31.2. The summed E-state index contributed by atoms with van der Waals surface area (Å²) in [4.78, 5) is 15.5. The number of nitrogens with two attached hydrogens (primary N) is 1. The molecule has 1 amide bonds. The van der Waals surface area contributed by atoms with Crippen LogP contribution in [0.2, 0.25) is 0 Å². The van der Waals surface area contributed by atoms with Gasteiger partial charge in [-0.15, -0.1) is 0 Å². The molecule has 1 aliphatic heterocycles. The minimum atomic E-state index is -0.681. The average molecular weight is 142 g/mol. The van der Waals surface area contributed by atoms with E-state index >= 15 is 0 Å². The van der Waals surface area contributed by atoms with Gasteiger partial charge in [0.05, 0.1) is 5.71 Å². The molecule has 0 radical (unpaired) electrons. The van der Waals surface area contributed by atoms with Crippen LogP contribution in [0.4, 0.5) is 0 Å². The molecule has 0 saturated heterocycles. The highest BCUT2D eigenvalue weighted by Crippen LogP contribution is 2.23. The number of amides is 1. The Balaban J connectivity index is 2.89. The summed E-state index contributed by atoms with van der Waals surface area (Å²) in [5, 5.41) is 3.63. The summed E-state index contributed by atoms with van der Waals surface area (Å²) in [6.07, 6.45) is 0. The zero-order valence-electron chi connectivity index (χ0n) is 6.05. The van der Waals surface area contributed by atoms with Crippen molar-refractivity contribution >= 4 is 11.6 Å². The number of hydrogen-bond acceptors (Lipinski definition) is 3. The van der Waals surface area contributed by atoms with Crippen molar-refractivity contribution in [3.63, 3.8) is 0 Å². The van der Waals surface area contributed by atoms with Crippen molar-refractivity contribution in [2.75, 3.05) is 6.61 Å². The van der Waals surface area contributed by atoms with Crippen molar-refractivity contribution in [1.29, 1.82) is 0 Å². The number of nitrogens with zero attached hydrogens (tertiary/aromatic N) is 1. The Kier molecular flexibility index (Phi) is 1.39. The van der Waals surface area contributed by atoms with Gasteiger partial charge in [-0.1, -0.05) is 5.16 Å². The van der Waals surface area contributed by atoms with Crippen molar-refractivity contribution in [3.8, 4) is 0 Å². The lowest BCUT2D eigenvalue weighted by Gasteiger charge is -2.15. The third-order valence-electron chi connectivity index (χ3n) is 1.90. The first-order valence-corrected chi connectivity index (χ1v) is 3.04. The van der Waals surface area contributed by atoms with E-state index in [2.05, 4.69) is 5.16 Å². The molecular weight excluding hydrogens is 132 g/mol. The zero-order valence-corrected chi connectivity index (χ0v) is 6.05. The van der Waals surface area contributed by atoms with Gasteiger partial charge in [-0.25, -0.2) is 0 Å². The van der Waals surface area contributed by atoms with E-state index in [1.165, 1.54) is 0 Å². The van der Waals surface area contributed by atoms with E-state index in [4.69, 9.17) is 10.6 Å². The molecule has 1 unspecified atom stereocenters. The standard InChI is InChI=1S/C6H10N2O2/c1-4-6(2,5(7)9)3-10-8-4/h3H2,1-2H3,(H2,7,9). The van der Waals surface area contributed by atoms with Gasteiger partial charge in [-0.3, -0.25) is 4.79 Å². The van der Waals surface area contributed by atoms with Crippen LogP contribution in [0.3, 0.4) is 0 Å². The molecule has 10 heavy (non-hydrogen) atoms. The van der Waals surface area contributed by atoms with Gasteiger partial charge in [0.1, 0.15) is 12.0 Å². The summed E-state index contributed by atoms with van der Waals surface area (Å²) in [5.74, 6) is -0.383. The molecule has 0 aliphatic carbocycles. The van der Waals surface area contributed by atoms with Crippen LogP contribution in [0.25, 0.3) is 0 Å².